The van der Waals surface area contributed by atoms with Crippen molar-refractivity contribution in [1.82, 2.24) is 0 Å². The maximum absolute atomic E-state index is 5.55. The zero-order valence-corrected chi connectivity index (χ0v) is 13.5. The van der Waals surface area contributed by atoms with Gasteiger partial charge in [0.05, 0.1) is 0 Å². The van der Waals surface area contributed by atoms with E-state index in [2.05, 4.69) is 16.8 Å². The molecule has 5 heteroatoms. The number of thiophene rings is 1. The quantitative estimate of drug-likeness (QED) is 0.577. The topological polar surface area (TPSA) is 18.5 Å². The fraction of sp³-hybridized carbons (Fsp3) is 0.500. The Morgan fingerprint density at radius 3 is 2.38 bits per heavy atom. The fourth-order valence-corrected chi connectivity index (χ4v) is 3.66. The number of hydrogen-bond acceptors (Lipinski definition) is 3. The van der Waals surface area contributed by atoms with Gasteiger partial charge < -0.3 is 10.3 Å². The van der Waals surface area contributed by atoms with Gasteiger partial charge in [-0.3, -0.25) is 0 Å². The predicted molar refractivity (Wildman–Crippen MR) is 55.5 cm³/mol. The molecule has 0 aliphatic carbocycles. The van der Waals surface area contributed by atoms with Crippen molar-refractivity contribution in [2.75, 3.05) is 13.2 Å². The zero-order chi connectivity index (χ0) is 8.81. The summed E-state index contributed by atoms with van der Waals surface area (Å²) in [5.74, 6) is 0. The first-order valence-corrected chi connectivity index (χ1v) is 6.60. The maximum Gasteiger partial charge on any atom is 1.00 e. The van der Waals surface area contributed by atoms with Gasteiger partial charge in [0.1, 0.15) is 0 Å². The molecule has 0 radical (unpaired) electrons. The van der Waals surface area contributed by atoms with Crippen LogP contribution >= 0.6 is 11.3 Å². The molecule has 13 heavy (non-hydrogen) atoms. The minimum Gasteiger partial charge on any atom is -1.00 e. The Labute approximate surface area is 129 Å². The summed E-state index contributed by atoms with van der Waals surface area (Å²) in [5.41, 5.74) is 0. The van der Waals surface area contributed by atoms with Crippen LogP contribution in [0.3, 0.4) is 0 Å². The van der Waals surface area contributed by atoms with E-state index in [9.17, 15) is 0 Å². The van der Waals surface area contributed by atoms with Crippen molar-refractivity contribution in [3.05, 3.63) is 16.8 Å². The van der Waals surface area contributed by atoms with Crippen molar-refractivity contribution in [1.29, 1.82) is 0 Å². The van der Waals surface area contributed by atoms with Crippen LogP contribution in [0, 0.1) is 0 Å². The van der Waals surface area contributed by atoms with Crippen LogP contribution in [0.15, 0.2) is 16.8 Å². The van der Waals surface area contributed by atoms with Gasteiger partial charge >= 0.3 is 60.7 Å². The van der Waals surface area contributed by atoms with E-state index in [4.69, 9.17) is 8.85 Å². The number of hydrogen-bond donors (Lipinski definition) is 0. The molecule has 1 aromatic heterocycles. The summed E-state index contributed by atoms with van der Waals surface area (Å²) in [6.45, 7) is 5.50. The monoisotopic (exact) mass is 242 g/mol. The van der Waals surface area contributed by atoms with Crippen LogP contribution in [0.5, 0.6) is 0 Å². The molecule has 0 atom stereocenters. The molecular weight excluding hydrogens is 227 g/mol. The van der Waals surface area contributed by atoms with Crippen LogP contribution in [0.1, 0.15) is 15.3 Å². The van der Waals surface area contributed by atoms with Crippen LogP contribution in [-0.2, 0) is 8.85 Å². The Morgan fingerprint density at radius 1 is 1.38 bits per heavy atom. The molecule has 1 aromatic rings. The number of rotatable bonds is 5. The molecule has 0 fully saturated rings. The van der Waals surface area contributed by atoms with Gasteiger partial charge in [0, 0.05) is 18.4 Å². The van der Waals surface area contributed by atoms with Crippen LogP contribution < -0.4 is 56.6 Å². The van der Waals surface area contributed by atoms with Gasteiger partial charge in [0.15, 0.2) is 0 Å². The average molecular weight is 242 g/mol. The van der Waals surface area contributed by atoms with Crippen LogP contribution in [0.25, 0.3) is 0 Å². The molecule has 0 aromatic carbocycles. The van der Waals surface area contributed by atoms with Gasteiger partial charge in [-0.1, -0.05) is 0 Å². The maximum atomic E-state index is 5.55. The molecule has 0 aliphatic heterocycles. The Balaban J connectivity index is 0. The largest absolute Gasteiger partial charge is 1.00 e. The van der Waals surface area contributed by atoms with Crippen molar-refractivity contribution in [3.63, 3.8) is 0 Å². The van der Waals surface area contributed by atoms with Crippen molar-refractivity contribution < 1.29 is 61.7 Å². The summed E-state index contributed by atoms with van der Waals surface area (Å²) in [7, 11) is -1.53. The van der Waals surface area contributed by atoms with Crippen molar-refractivity contribution in [2.24, 2.45) is 0 Å². The average Bonchev–Trinajstić information content (AvgIpc) is 2.56. The van der Waals surface area contributed by atoms with E-state index < -0.39 is 9.28 Å². The van der Waals surface area contributed by atoms with Gasteiger partial charge in [0.25, 0.3) is 0 Å². The van der Waals surface area contributed by atoms with Gasteiger partial charge in [-0.2, -0.15) is 11.3 Å². The molecular formula is C8H15KO2SSi. The first-order chi connectivity index (χ1) is 5.88. The predicted octanol–water partition coefficient (Wildman–Crippen LogP) is -1.63. The van der Waals surface area contributed by atoms with E-state index >= 15 is 0 Å². The minimum atomic E-state index is -1.53. The second-order valence-electron chi connectivity index (χ2n) is 2.30. The first-order valence-electron chi connectivity index (χ1n) is 4.13. The second kappa shape index (κ2) is 8.76. The molecule has 0 bridgehead atoms. The molecule has 2 nitrogen and oxygen atoms in total. The molecule has 0 unspecified atom stereocenters. The molecule has 1 rings (SSSR count). The molecule has 0 saturated carbocycles. The molecule has 0 N–H and O–H groups in total. The van der Waals surface area contributed by atoms with Crippen molar-refractivity contribution in [3.8, 4) is 0 Å². The first kappa shape index (κ1) is 14.5. The third-order valence-electron chi connectivity index (χ3n) is 1.45. The Morgan fingerprint density at radius 2 is 2.00 bits per heavy atom. The van der Waals surface area contributed by atoms with E-state index in [-0.39, 0.29) is 52.8 Å². The molecule has 0 saturated heterocycles. The molecule has 0 spiro atoms. The molecule has 0 aliphatic rings. The SMILES string of the molecule is CCO[SiH](OCC)c1ccsc1.[H-].[K+]. The minimum absolute atomic E-state index is 0. The Hall–Kier alpha value is 1.47. The van der Waals surface area contributed by atoms with Crippen LogP contribution in [0.4, 0.5) is 0 Å². The fourth-order valence-electron chi connectivity index (χ4n) is 0.952. The van der Waals surface area contributed by atoms with E-state index in [1.807, 2.05) is 13.8 Å². The normalized spacial score (nSPS) is 10.1. The summed E-state index contributed by atoms with van der Waals surface area (Å²) < 4.78 is 11.1. The van der Waals surface area contributed by atoms with Crippen molar-refractivity contribution in [2.45, 2.75) is 13.8 Å². The van der Waals surface area contributed by atoms with E-state index in [0.29, 0.717) is 0 Å². The summed E-state index contributed by atoms with van der Waals surface area (Å²) in [4.78, 5) is 0. The third kappa shape index (κ3) is 5.20. The zero-order valence-electron chi connectivity index (χ0n) is 9.45. The summed E-state index contributed by atoms with van der Waals surface area (Å²) in [5, 5.41) is 5.43. The third-order valence-corrected chi connectivity index (χ3v) is 4.57. The molecule has 0 amide bonds. The molecule has 1 heterocycles. The standard InChI is InChI=1S/C8H14O2SSi.K.H/c1-3-9-12(10-4-2)8-5-6-11-7-8;;/h5-7,12H,3-4H2,1-2H3;;/q;+1;-1. The van der Waals surface area contributed by atoms with Gasteiger partial charge in [-0.15, -0.1) is 0 Å². The van der Waals surface area contributed by atoms with E-state index in [1.165, 1.54) is 5.19 Å². The van der Waals surface area contributed by atoms with Gasteiger partial charge in [-0.25, -0.2) is 0 Å². The van der Waals surface area contributed by atoms with Crippen LogP contribution in [0.2, 0.25) is 0 Å². The van der Waals surface area contributed by atoms with Gasteiger partial charge in [0.2, 0.25) is 0 Å². The smallest absolute Gasteiger partial charge is 1.00 e. The Bertz CT molecular complexity index is 205. The van der Waals surface area contributed by atoms with Gasteiger partial charge in [-0.05, 0) is 30.7 Å². The summed E-state index contributed by atoms with van der Waals surface area (Å²) in [6, 6.07) is 2.09. The van der Waals surface area contributed by atoms with Crippen LogP contribution in [-0.4, -0.2) is 22.5 Å². The van der Waals surface area contributed by atoms with E-state index in [0.717, 1.165) is 13.2 Å². The summed E-state index contributed by atoms with van der Waals surface area (Å²) >= 11 is 1.69. The summed E-state index contributed by atoms with van der Waals surface area (Å²) in [6.07, 6.45) is 0. The Kier molecular flexibility index (Phi) is 9.75. The second-order valence-corrected chi connectivity index (χ2v) is 5.08. The molecule has 70 valence electrons. The van der Waals surface area contributed by atoms with Crippen molar-refractivity contribution >= 4 is 25.8 Å². The van der Waals surface area contributed by atoms with E-state index in [1.54, 1.807) is 11.3 Å².